The van der Waals surface area contributed by atoms with Gasteiger partial charge in [-0.1, -0.05) is 23.2 Å². The van der Waals surface area contributed by atoms with E-state index in [1.807, 2.05) is 0 Å². The molecule has 1 aliphatic carbocycles. The van der Waals surface area contributed by atoms with Gasteiger partial charge in [0.25, 0.3) is 0 Å². The van der Waals surface area contributed by atoms with Crippen LogP contribution in [0.25, 0.3) is 0 Å². The highest BCUT2D eigenvalue weighted by molar-refractivity contribution is 6.32. The summed E-state index contributed by atoms with van der Waals surface area (Å²) in [4.78, 5) is 8.15. The number of aromatic nitrogens is 2. The van der Waals surface area contributed by atoms with E-state index in [0.29, 0.717) is 28.1 Å². The maximum absolute atomic E-state index is 9.29. The van der Waals surface area contributed by atoms with E-state index in [0.717, 1.165) is 19.3 Å². The number of azo groups is 1. The third-order valence-electron chi connectivity index (χ3n) is 4.09. The molecule has 0 spiro atoms. The van der Waals surface area contributed by atoms with Gasteiger partial charge in [-0.2, -0.15) is 15.1 Å². The minimum absolute atomic E-state index is 0.0645. The van der Waals surface area contributed by atoms with E-state index in [9.17, 15) is 5.11 Å². The molecule has 3 rings (SSSR count). The first-order chi connectivity index (χ1) is 12.0. The molecule has 1 saturated carbocycles. The summed E-state index contributed by atoms with van der Waals surface area (Å²) in [6.45, 7) is 0.188. The Morgan fingerprint density at radius 3 is 2.60 bits per heavy atom. The predicted molar refractivity (Wildman–Crippen MR) is 98.9 cm³/mol. The van der Waals surface area contributed by atoms with Crippen molar-refractivity contribution in [3.63, 3.8) is 0 Å². The standard InChI is InChI=1S/C16H18Cl2N6O/c17-10-2-5-11(6-3-10)23-24-13-14(18)21-16(19)22-15(13)20-12-4-1-9(7-12)8-25/h2-3,5-6,9,12,25H,1,4,7-8H2,(H3,19,20,21,22). The van der Waals surface area contributed by atoms with E-state index >= 15 is 0 Å². The molecule has 7 nitrogen and oxygen atoms in total. The van der Waals surface area contributed by atoms with E-state index in [4.69, 9.17) is 28.9 Å². The van der Waals surface area contributed by atoms with Crippen molar-refractivity contribution in [3.05, 3.63) is 34.4 Å². The van der Waals surface area contributed by atoms with E-state index in [1.165, 1.54) is 0 Å². The van der Waals surface area contributed by atoms with Crippen molar-refractivity contribution in [3.8, 4) is 0 Å². The Bertz CT molecular complexity index is 768. The SMILES string of the molecule is Nc1nc(Cl)c(N=Nc2ccc(Cl)cc2)c(NC2CCC(CO)C2)n1. The van der Waals surface area contributed by atoms with Gasteiger partial charge in [0.05, 0.1) is 5.69 Å². The van der Waals surface area contributed by atoms with Gasteiger partial charge in [-0.3, -0.25) is 0 Å². The molecule has 1 heterocycles. The highest BCUT2D eigenvalue weighted by atomic mass is 35.5. The average Bonchev–Trinajstić information content (AvgIpc) is 3.03. The molecule has 4 N–H and O–H groups in total. The van der Waals surface area contributed by atoms with Crippen LogP contribution >= 0.6 is 23.2 Å². The first kappa shape index (κ1) is 17.8. The molecule has 0 bridgehead atoms. The Hall–Kier alpha value is -1.96. The van der Waals surface area contributed by atoms with Crippen molar-refractivity contribution in [2.24, 2.45) is 16.1 Å². The number of aliphatic hydroxyl groups excluding tert-OH is 1. The second-order valence-corrected chi connectivity index (χ2v) is 6.74. The van der Waals surface area contributed by atoms with Gasteiger partial charge in [0.1, 0.15) is 0 Å². The fourth-order valence-corrected chi connectivity index (χ4v) is 3.15. The van der Waals surface area contributed by atoms with Crippen LogP contribution in [-0.4, -0.2) is 27.7 Å². The smallest absolute Gasteiger partial charge is 0.223 e. The Morgan fingerprint density at radius 2 is 1.92 bits per heavy atom. The van der Waals surface area contributed by atoms with Crippen LogP contribution in [-0.2, 0) is 0 Å². The monoisotopic (exact) mass is 380 g/mol. The van der Waals surface area contributed by atoms with Crippen LogP contribution in [0.3, 0.4) is 0 Å². The van der Waals surface area contributed by atoms with Gasteiger partial charge in [-0.25, -0.2) is 0 Å². The molecule has 2 unspecified atom stereocenters. The summed E-state index contributed by atoms with van der Waals surface area (Å²) in [5.41, 5.74) is 6.67. The number of aliphatic hydroxyl groups is 1. The highest BCUT2D eigenvalue weighted by Crippen LogP contribution is 2.35. The largest absolute Gasteiger partial charge is 0.396 e. The minimum Gasteiger partial charge on any atom is -0.396 e. The summed E-state index contributed by atoms with van der Waals surface area (Å²) in [5, 5.41) is 21.7. The summed E-state index contributed by atoms with van der Waals surface area (Å²) in [5.74, 6) is 0.805. The van der Waals surface area contributed by atoms with Gasteiger partial charge in [0, 0.05) is 17.7 Å². The number of halogens is 2. The molecule has 0 aliphatic heterocycles. The van der Waals surface area contributed by atoms with Gasteiger partial charge in [-0.05, 0) is 49.4 Å². The lowest BCUT2D eigenvalue weighted by atomic mass is 10.1. The number of benzene rings is 1. The van der Waals surface area contributed by atoms with Crippen LogP contribution in [0, 0.1) is 5.92 Å². The van der Waals surface area contributed by atoms with Crippen molar-refractivity contribution < 1.29 is 5.11 Å². The van der Waals surface area contributed by atoms with Gasteiger partial charge in [0.2, 0.25) is 5.95 Å². The lowest BCUT2D eigenvalue weighted by Crippen LogP contribution is -2.18. The zero-order chi connectivity index (χ0) is 17.8. The molecule has 0 saturated heterocycles. The minimum atomic E-state index is 0.0645. The average molecular weight is 381 g/mol. The Morgan fingerprint density at radius 1 is 1.16 bits per heavy atom. The van der Waals surface area contributed by atoms with E-state index in [2.05, 4.69) is 25.5 Å². The normalized spacial score (nSPS) is 20.3. The molecular formula is C16H18Cl2N6O. The van der Waals surface area contributed by atoms with Crippen LogP contribution in [0.5, 0.6) is 0 Å². The number of nitrogens with one attached hydrogen (secondary N) is 1. The first-order valence-electron chi connectivity index (χ1n) is 7.93. The number of hydrogen-bond donors (Lipinski definition) is 3. The number of anilines is 2. The van der Waals surface area contributed by atoms with Gasteiger partial charge in [0.15, 0.2) is 16.7 Å². The van der Waals surface area contributed by atoms with Crippen molar-refractivity contribution in [1.82, 2.24) is 9.97 Å². The number of nitrogen functional groups attached to an aromatic ring is 1. The Balaban J connectivity index is 1.83. The summed E-state index contributed by atoms with van der Waals surface area (Å²) in [6, 6.07) is 7.11. The third kappa shape index (κ3) is 4.56. The maximum Gasteiger partial charge on any atom is 0.223 e. The zero-order valence-corrected chi connectivity index (χ0v) is 14.9. The molecule has 0 amide bonds. The van der Waals surface area contributed by atoms with E-state index < -0.39 is 0 Å². The summed E-state index contributed by atoms with van der Waals surface area (Å²) in [6.07, 6.45) is 2.75. The van der Waals surface area contributed by atoms with Gasteiger partial charge in [-0.15, -0.1) is 5.11 Å². The van der Waals surface area contributed by atoms with Crippen molar-refractivity contribution >= 4 is 46.3 Å². The molecule has 2 aromatic rings. The number of nitrogens with two attached hydrogens (primary N) is 1. The molecule has 1 aliphatic rings. The summed E-state index contributed by atoms with van der Waals surface area (Å²) >= 11 is 12.0. The predicted octanol–water partition coefficient (Wildman–Crippen LogP) is 4.35. The molecular weight excluding hydrogens is 363 g/mol. The van der Waals surface area contributed by atoms with Crippen LogP contribution in [0.1, 0.15) is 19.3 Å². The fraction of sp³-hybridized carbons (Fsp3) is 0.375. The van der Waals surface area contributed by atoms with Crippen LogP contribution in [0.4, 0.5) is 23.1 Å². The topological polar surface area (TPSA) is 109 Å². The maximum atomic E-state index is 9.29. The molecule has 132 valence electrons. The fourth-order valence-electron chi connectivity index (χ4n) is 2.81. The van der Waals surface area contributed by atoms with Crippen LogP contribution in [0.15, 0.2) is 34.5 Å². The van der Waals surface area contributed by atoms with E-state index in [1.54, 1.807) is 24.3 Å². The van der Waals surface area contributed by atoms with Crippen LogP contribution < -0.4 is 11.1 Å². The highest BCUT2D eigenvalue weighted by Gasteiger charge is 2.25. The van der Waals surface area contributed by atoms with Crippen LogP contribution in [0.2, 0.25) is 10.2 Å². The molecule has 0 radical (unpaired) electrons. The van der Waals surface area contributed by atoms with Crippen molar-refractivity contribution in [2.75, 3.05) is 17.7 Å². The third-order valence-corrected chi connectivity index (χ3v) is 4.61. The van der Waals surface area contributed by atoms with Crippen molar-refractivity contribution in [2.45, 2.75) is 25.3 Å². The Labute approximate surface area is 155 Å². The number of nitrogens with zero attached hydrogens (tertiary/aromatic N) is 4. The lowest BCUT2D eigenvalue weighted by Gasteiger charge is -2.15. The molecule has 1 aromatic heterocycles. The van der Waals surface area contributed by atoms with Crippen molar-refractivity contribution in [1.29, 1.82) is 0 Å². The lowest BCUT2D eigenvalue weighted by molar-refractivity contribution is 0.229. The first-order valence-corrected chi connectivity index (χ1v) is 8.68. The number of rotatable bonds is 5. The zero-order valence-electron chi connectivity index (χ0n) is 13.4. The molecule has 1 fully saturated rings. The summed E-state index contributed by atoms with van der Waals surface area (Å²) in [7, 11) is 0. The van der Waals surface area contributed by atoms with Gasteiger partial charge >= 0.3 is 0 Å². The van der Waals surface area contributed by atoms with E-state index in [-0.39, 0.29) is 23.8 Å². The van der Waals surface area contributed by atoms with Gasteiger partial charge < -0.3 is 16.2 Å². The Kier molecular flexibility index (Phi) is 5.67. The summed E-state index contributed by atoms with van der Waals surface area (Å²) < 4.78 is 0. The molecule has 1 aromatic carbocycles. The molecule has 9 heteroatoms. The number of hydrogen-bond acceptors (Lipinski definition) is 7. The molecule has 25 heavy (non-hydrogen) atoms. The quantitative estimate of drug-likeness (QED) is 0.527. The second-order valence-electron chi connectivity index (χ2n) is 5.95. The molecule has 2 atom stereocenters. The second kappa shape index (κ2) is 7.95.